The molecule has 0 aliphatic rings. The Bertz CT molecular complexity index is 1430. The minimum atomic E-state index is 0.996. The molecule has 0 spiro atoms. The van der Waals surface area contributed by atoms with Crippen molar-refractivity contribution in [2.24, 2.45) is 0 Å². The van der Waals surface area contributed by atoms with Gasteiger partial charge in [0.1, 0.15) is 0 Å². The fourth-order valence-electron chi connectivity index (χ4n) is 4.02. The van der Waals surface area contributed by atoms with Crippen molar-refractivity contribution in [2.45, 2.75) is 0 Å². The molecule has 140 valence electrons. The highest BCUT2D eigenvalue weighted by Gasteiger charge is 2.06. The highest BCUT2D eigenvalue weighted by atomic mass is 14.7. The van der Waals surface area contributed by atoms with Gasteiger partial charge in [-0.1, -0.05) is 72.8 Å². The summed E-state index contributed by atoms with van der Waals surface area (Å²) in [6.07, 6.45) is 0. The largest absolute Gasteiger partial charge is 0.248 e. The first-order valence-corrected chi connectivity index (χ1v) is 10.1. The minimum absolute atomic E-state index is 0.996. The zero-order valence-corrected chi connectivity index (χ0v) is 16.3. The van der Waals surface area contributed by atoms with Gasteiger partial charge in [-0.2, -0.15) is 0 Å². The second kappa shape index (κ2) is 6.78. The average Bonchev–Trinajstić information content (AvgIpc) is 2.83. The van der Waals surface area contributed by atoms with Gasteiger partial charge in [-0.3, -0.25) is 0 Å². The average molecular weight is 382 g/mol. The van der Waals surface area contributed by atoms with E-state index >= 15 is 0 Å². The Morgan fingerprint density at radius 2 is 0.800 bits per heavy atom. The molecule has 0 aliphatic carbocycles. The molecular formula is C28H18N2. The molecule has 6 aromatic rings. The van der Waals surface area contributed by atoms with Crippen LogP contribution in [0.2, 0.25) is 0 Å². The molecule has 0 radical (unpaired) electrons. The molecular weight excluding hydrogens is 364 g/mol. The zero-order chi connectivity index (χ0) is 19.9. The number of pyridine rings is 2. The maximum absolute atomic E-state index is 4.84. The van der Waals surface area contributed by atoms with Crippen molar-refractivity contribution >= 4 is 32.6 Å². The second-order valence-electron chi connectivity index (χ2n) is 7.56. The molecule has 0 saturated carbocycles. The lowest BCUT2D eigenvalue weighted by Gasteiger charge is -2.08. The van der Waals surface area contributed by atoms with E-state index in [2.05, 4.69) is 84.9 Å². The van der Waals surface area contributed by atoms with Crippen LogP contribution in [0, 0.1) is 0 Å². The molecule has 6 rings (SSSR count). The number of nitrogens with zero attached hydrogens (tertiary/aromatic N) is 2. The number of rotatable bonds is 2. The number of aromatic nitrogens is 2. The van der Waals surface area contributed by atoms with Crippen molar-refractivity contribution < 1.29 is 0 Å². The summed E-state index contributed by atoms with van der Waals surface area (Å²) in [4.78, 5) is 9.67. The normalized spacial score (nSPS) is 11.3. The Balaban J connectivity index is 1.41. The van der Waals surface area contributed by atoms with E-state index in [-0.39, 0.29) is 0 Å². The fourth-order valence-corrected chi connectivity index (χ4v) is 4.02. The van der Waals surface area contributed by atoms with Gasteiger partial charge in [-0.05, 0) is 47.2 Å². The molecule has 0 aliphatic heterocycles. The van der Waals surface area contributed by atoms with Crippen LogP contribution in [0.25, 0.3) is 55.1 Å². The third-order valence-corrected chi connectivity index (χ3v) is 5.63. The summed E-state index contributed by atoms with van der Waals surface area (Å²) in [5.74, 6) is 0. The number of fused-ring (bicyclic) bond motifs is 3. The van der Waals surface area contributed by atoms with Gasteiger partial charge in [-0.15, -0.1) is 0 Å². The molecule has 0 bridgehead atoms. The van der Waals surface area contributed by atoms with Crippen LogP contribution in [0.4, 0.5) is 0 Å². The standard InChI is InChI=1S/C28H18N2/c1-3-7-25-19(5-1)13-15-27(29-25)23-11-9-22-18-24(12-10-21(22)17-23)28-16-14-20-6-2-4-8-26(20)30-28/h1-18H. The van der Waals surface area contributed by atoms with Gasteiger partial charge in [0.25, 0.3) is 0 Å². The zero-order valence-electron chi connectivity index (χ0n) is 16.3. The first kappa shape index (κ1) is 16.9. The lowest BCUT2D eigenvalue weighted by atomic mass is 10.0. The molecule has 0 atom stereocenters. The van der Waals surface area contributed by atoms with Crippen LogP contribution in [-0.4, -0.2) is 9.97 Å². The minimum Gasteiger partial charge on any atom is -0.248 e. The van der Waals surface area contributed by atoms with Gasteiger partial charge in [0, 0.05) is 21.9 Å². The van der Waals surface area contributed by atoms with Crippen molar-refractivity contribution in [2.75, 3.05) is 0 Å². The molecule has 2 heteroatoms. The summed E-state index contributed by atoms with van der Waals surface area (Å²) in [5, 5.41) is 4.73. The molecule has 30 heavy (non-hydrogen) atoms. The van der Waals surface area contributed by atoms with Crippen LogP contribution in [0.15, 0.2) is 109 Å². The Hall–Kier alpha value is -4.04. The lowest BCUT2D eigenvalue weighted by molar-refractivity contribution is 1.40. The van der Waals surface area contributed by atoms with E-state index in [0.29, 0.717) is 0 Å². The van der Waals surface area contributed by atoms with Crippen molar-refractivity contribution in [3.8, 4) is 22.5 Å². The van der Waals surface area contributed by atoms with E-state index in [1.807, 2.05) is 24.3 Å². The molecule has 0 saturated heterocycles. The first-order chi connectivity index (χ1) is 14.8. The third kappa shape index (κ3) is 2.90. The van der Waals surface area contributed by atoms with Gasteiger partial charge >= 0.3 is 0 Å². The number of benzene rings is 4. The van der Waals surface area contributed by atoms with Crippen molar-refractivity contribution in [1.29, 1.82) is 0 Å². The van der Waals surface area contributed by atoms with Crippen molar-refractivity contribution in [3.05, 3.63) is 109 Å². The van der Waals surface area contributed by atoms with Gasteiger partial charge in [0.15, 0.2) is 0 Å². The highest BCUT2D eigenvalue weighted by molar-refractivity contribution is 5.91. The molecule has 2 nitrogen and oxygen atoms in total. The molecule has 2 heterocycles. The van der Waals surface area contributed by atoms with Crippen LogP contribution < -0.4 is 0 Å². The lowest BCUT2D eigenvalue weighted by Crippen LogP contribution is -1.87. The smallest absolute Gasteiger partial charge is 0.0709 e. The van der Waals surface area contributed by atoms with Crippen LogP contribution >= 0.6 is 0 Å². The van der Waals surface area contributed by atoms with E-state index in [9.17, 15) is 0 Å². The molecule has 0 N–H and O–H groups in total. The third-order valence-electron chi connectivity index (χ3n) is 5.63. The second-order valence-corrected chi connectivity index (χ2v) is 7.56. The summed E-state index contributed by atoms with van der Waals surface area (Å²) in [5.41, 5.74) is 6.29. The van der Waals surface area contributed by atoms with Crippen molar-refractivity contribution in [1.82, 2.24) is 9.97 Å². The predicted molar refractivity (Wildman–Crippen MR) is 125 cm³/mol. The van der Waals surface area contributed by atoms with Crippen LogP contribution in [0.5, 0.6) is 0 Å². The first-order valence-electron chi connectivity index (χ1n) is 10.1. The molecule has 0 unspecified atom stereocenters. The number of para-hydroxylation sites is 2. The van der Waals surface area contributed by atoms with E-state index in [1.54, 1.807) is 0 Å². The topological polar surface area (TPSA) is 25.8 Å². The van der Waals surface area contributed by atoms with Gasteiger partial charge in [0.2, 0.25) is 0 Å². The van der Waals surface area contributed by atoms with Crippen LogP contribution in [0.1, 0.15) is 0 Å². The number of hydrogen-bond donors (Lipinski definition) is 0. The Labute approximate surface area is 174 Å². The van der Waals surface area contributed by atoms with Gasteiger partial charge in [0.05, 0.1) is 22.4 Å². The van der Waals surface area contributed by atoms with E-state index in [4.69, 9.17) is 9.97 Å². The Morgan fingerprint density at radius 1 is 0.367 bits per heavy atom. The maximum Gasteiger partial charge on any atom is 0.0709 e. The van der Waals surface area contributed by atoms with Gasteiger partial charge < -0.3 is 0 Å². The summed E-state index contributed by atoms with van der Waals surface area (Å²) in [6, 6.07) is 38.0. The summed E-state index contributed by atoms with van der Waals surface area (Å²) < 4.78 is 0. The maximum atomic E-state index is 4.84. The molecule has 2 aromatic heterocycles. The van der Waals surface area contributed by atoms with Gasteiger partial charge in [-0.25, -0.2) is 9.97 Å². The Morgan fingerprint density at radius 3 is 1.30 bits per heavy atom. The van der Waals surface area contributed by atoms with Crippen LogP contribution in [0.3, 0.4) is 0 Å². The summed E-state index contributed by atoms with van der Waals surface area (Å²) >= 11 is 0. The highest BCUT2D eigenvalue weighted by Crippen LogP contribution is 2.29. The number of hydrogen-bond acceptors (Lipinski definition) is 2. The molecule has 0 fully saturated rings. The van der Waals surface area contributed by atoms with Crippen LogP contribution in [-0.2, 0) is 0 Å². The summed E-state index contributed by atoms with van der Waals surface area (Å²) in [7, 11) is 0. The summed E-state index contributed by atoms with van der Waals surface area (Å²) in [6.45, 7) is 0. The molecule has 4 aromatic carbocycles. The quantitative estimate of drug-likeness (QED) is 0.315. The molecule has 0 amide bonds. The monoisotopic (exact) mass is 382 g/mol. The van der Waals surface area contributed by atoms with E-state index < -0.39 is 0 Å². The Kier molecular flexibility index (Phi) is 3.82. The van der Waals surface area contributed by atoms with E-state index in [1.165, 1.54) is 10.8 Å². The SMILES string of the molecule is c1ccc2nc(-c3ccc4cc(-c5ccc6ccccc6n5)ccc4c3)ccc2c1. The predicted octanol–water partition coefficient (Wildman–Crippen LogP) is 7.27. The fraction of sp³-hybridized carbons (Fsp3) is 0. The van der Waals surface area contributed by atoms with E-state index in [0.717, 1.165) is 44.3 Å². The van der Waals surface area contributed by atoms with Crippen molar-refractivity contribution in [3.63, 3.8) is 0 Å².